The van der Waals surface area contributed by atoms with Gasteiger partial charge in [-0.15, -0.1) is 0 Å². The Kier molecular flexibility index (Phi) is 6.36. The van der Waals surface area contributed by atoms with Crippen LogP contribution in [0.1, 0.15) is 50.2 Å². The van der Waals surface area contributed by atoms with E-state index in [0.717, 1.165) is 35.9 Å². The maximum absolute atomic E-state index is 15.0. The SMILES string of the molecule is CCCCCCCc1ccc2c(F)c(-c3cc(F)c(C#N)c(F)c3)ccc2c1. The van der Waals surface area contributed by atoms with Crippen molar-refractivity contribution in [3.63, 3.8) is 0 Å². The van der Waals surface area contributed by atoms with E-state index in [2.05, 4.69) is 6.92 Å². The molecule has 0 amide bonds. The van der Waals surface area contributed by atoms with Crippen molar-refractivity contribution in [3.05, 3.63) is 71.0 Å². The maximum atomic E-state index is 15.0. The molecule has 0 saturated carbocycles. The van der Waals surface area contributed by atoms with Gasteiger partial charge in [0.05, 0.1) is 0 Å². The molecule has 0 bridgehead atoms. The summed E-state index contributed by atoms with van der Waals surface area (Å²) in [4.78, 5) is 0. The second kappa shape index (κ2) is 8.93. The van der Waals surface area contributed by atoms with Gasteiger partial charge >= 0.3 is 0 Å². The highest BCUT2D eigenvalue weighted by atomic mass is 19.1. The van der Waals surface area contributed by atoms with Crippen LogP contribution >= 0.6 is 0 Å². The molecule has 4 heteroatoms. The number of nitrogens with zero attached hydrogens (tertiary/aromatic N) is 1. The quantitative estimate of drug-likeness (QED) is 0.394. The highest BCUT2D eigenvalue weighted by Crippen LogP contribution is 2.31. The topological polar surface area (TPSA) is 23.8 Å². The van der Waals surface area contributed by atoms with Gasteiger partial charge in [-0.1, -0.05) is 62.9 Å². The molecule has 0 fully saturated rings. The Labute approximate surface area is 163 Å². The minimum absolute atomic E-state index is 0.0772. The third kappa shape index (κ3) is 4.20. The van der Waals surface area contributed by atoms with Crippen molar-refractivity contribution in [2.45, 2.75) is 45.4 Å². The molecule has 0 aliphatic heterocycles. The lowest BCUT2D eigenvalue weighted by molar-refractivity contribution is 0.577. The highest BCUT2D eigenvalue weighted by molar-refractivity contribution is 5.88. The molecule has 0 N–H and O–H groups in total. The molecule has 3 aromatic carbocycles. The third-order valence-corrected chi connectivity index (χ3v) is 5.05. The normalized spacial score (nSPS) is 11.0. The van der Waals surface area contributed by atoms with E-state index in [4.69, 9.17) is 5.26 Å². The molecule has 1 nitrogen and oxygen atoms in total. The number of hydrogen-bond acceptors (Lipinski definition) is 1. The zero-order chi connectivity index (χ0) is 20.1. The number of halogens is 3. The molecule has 0 unspecified atom stereocenters. The molecule has 0 atom stereocenters. The average Bonchev–Trinajstić information content (AvgIpc) is 2.68. The Bertz CT molecular complexity index is 1010. The van der Waals surface area contributed by atoms with Gasteiger partial charge in [-0.2, -0.15) is 5.26 Å². The Morgan fingerprint density at radius 3 is 2.25 bits per heavy atom. The zero-order valence-corrected chi connectivity index (χ0v) is 15.9. The predicted molar refractivity (Wildman–Crippen MR) is 106 cm³/mol. The summed E-state index contributed by atoms with van der Waals surface area (Å²) in [5, 5.41) is 9.96. The Balaban J connectivity index is 1.88. The summed E-state index contributed by atoms with van der Waals surface area (Å²) in [5.41, 5.74) is 0.690. The van der Waals surface area contributed by atoms with Gasteiger partial charge in [0.15, 0.2) is 0 Å². The van der Waals surface area contributed by atoms with Crippen molar-refractivity contribution in [3.8, 4) is 17.2 Å². The summed E-state index contributed by atoms with van der Waals surface area (Å²) >= 11 is 0. The number of rotatable bonds is 7. The van der Waals surface area contributed by atoms with Crippen LogP contribution in [0.3, 0.4) is 0 Å². The van der Waals surface area contributed by atoms with Gasteiger partial charge in [-0.3, -0.25) is 0 Å². The fourth-order valence-corrected chi connectivity index (χ4v) is 3.49. The molecular weight excluding hydrogens is 359 g/mol. The maximum Gasteiger partial charge on any atom is 0.144 e. The number of fused-ring (bicyclic) bond motifs is 1. The van der Waals surface area contributed by atoms with Crippen LogP contribution in [0.5, 0.6) is 0 Å². The molecule has 0 radical (unpaired) electrons. The largest absolute Gasteiger partial charge is 0.206 e. The summed E-state index contributed by atoms with van der Waals surface area (Å²) in [7, 11) is 0. The van der Waals surface area contributed by atoms with Gasteiger partial charge in [0.1, 0.15) is 29.1 Å². The number of hydrogen-bond donors (Lipinski definition) is 0. The van der Waals surface area contributed by atoms with E-state index in [1.807, 2.05) is 12.1 Å². The van der Waals surface area contributed by atoms with Crippen LogP contribution in [0, 0.1) is 28.8 Å². The first-order valence-electron chi connectivity index (χ1n) is 9.65. The lowest BCUT2D eigenvalue weighted by Crippen LogP contribution is -1.94. The van der Waals surface area contributed by atoms with Crippen molar-refractivity contribution >= 4 is 10.8 Å². The first kappa shape index (κ1) is 19.9. The summed E-state index contributed by atoms with van der Waals surface area (Å²) in [5.74, 6) is -2.50. The van der Waals surface area contributed by atoms with Crippen molar-refractivity contribution in [1.29, 1.82) is 5.26 Å². The van der Waals surface area contributed by atoms with Crippen molar-refractivity contribution in [2.24, 2.45) is 0 Å². The molecule has 3 aromatic rings. The van der Waals surface area contributed by atoms with E-state index < -0.39 is 23.0 Å². The Morgan fingerprint density at radius 2 is 1.57 bits per heavy atom. The van der Waals surface area contributed by atoms with Crippen molar-refractivity contribution in [1.82, 2.24) is 0 Å². The van der Waals surface area contributed by atoms with Crippen LogP contribution in [0.25, 0.3) is 21.9 Å². The fourth-order valence-electron chi connectivity index (χ4n) is 3.49. The zero-order valence-electron chi connectivity index (χ0n) is 15.9. The van der Waals surface area contributed by atoms with E-state index >= 15 is 4.39 Å². The summed E-state index contributed by atoms with van der Waals surface area (Å²) in [6.07, 6.45) is 6.95. The molecule has 28 heavy (non-hydrogen) atoms. The van der Waals surface area contributed by atoms with Gasteiger partial charge in [-0.05, 0) is 41.5 Å². The lowest BCUT2D eigenvalue weighted by Gasteiger charge is -2.10. The molecule has 0 aromatic heterocycles. The van der Waals surface area contributed by atoms with Gasteiger partial charge < -0.3 is 0 Å². The third-order valence-electron chi connectivity index (χ3n) is 5.05. The predicted octanol–water partition coefficient (Wildman–Crippen LogP) is 7.31. The van der Waals surface area contributed by atoms with Gasteiger partial charge in [0, 0.05) is 10.9 Å². The lowest BCUT2D eigenvalue weighted by atomic mass is 9.96. The average molecular weight is 381 g/mol. The summed E-state index contributed by atoms with van der Waals surface area (Å²) in [6, 6.07) is 12.4. The first-order valence-corrected chi connectivity index (χ1v) is 9.65. The molecule has 3 rings (SSSR count). The minimum Gasteiger partial charge on any atom is -0.206 e. The van der Waals surface area contributed by atoms with Crippen LogP contribution in [0.4, 0.5) is 13.2 Å². The molecule has 0 spiro atoms. The van der Waals surface area contributed by atoms with Gasteiger partial charge in [0.25, 0.3) is 0 Å². The Hall–Kier alpha value is -2.80. The second-order valence-corrected chi connectivity index (χ2v) is 7.07. The first-order chi connectivity index (χ1) is 13.5. The number of unbranched alkanes of at least 4 members (excludes halogenated alkanes) is 4. The molecule has 0 heterocycles. The van der Waals surface area contributed by atoms with Crippen molar-refractivity contribution in [2.75, 3.05) is 0 Å². The monoisotopic (exact) mass is 381 g/mol. The van der Waals surface area contributed by atoms with Crippen LogP contribution in [-0.4, -0.2) is 0 Å². The molecular formula is C24H22F3N. The van der Waals surface area contributed by atoms with E-state index in [1.54, 1.807) is 12.1 Å². The summed E-state index contributed by atoms with van der Waals surface area (Å²) in [6.45, 7) is 2.19. The van der Waals surface area contributed by atoms with E-state index in [1.165, 1.54) is 37.8 Å². The smallest absolute Gasteiger partial charge is 0.144 e. The van der Waals surface area contributed by atoms with Crippen LogP contribution in [-0.2, 0) is 6.42 Å². The fraction of sp³-hybridized carbons (Fsp3) is 0.292. The molecule has 144 valence electrons. The second-order valence-electron chi connectivity index (χ2n) is 7.07. The Morgan fingerprint density at radius 1 is 0.857 bits per heavy atom. The van der Waals surface area contributed by atoms with Crippen LogP contribution < -0.4 is 0 Å². The van der Waals surface area contributed by atoms with E-state index in [0.29, 0.717) is 5.39 Å². The number of benzene rings is 3. The van der Waals surface area contributed by atoms with E-state index in [9.17, 15) is 8.78 Å². The molecule has 0 aliphatic carbocycles. The molecule has 0 aliphatic rings. The van der Waals surface area contributed by atoms with Crippen LogP contribution in [0.2, 0.25) is 0 Å². The van der Waals surface area contributed by atoms with Gasteiger partial charge in [-0.25, -0.2) is 13.2 Å². The minimum atomic E-state index is -0.990. The number of nitriles is 1. The summed E-state index contributed by atoms with van der Waals surface area (Å²) < 4.78 is 42.8. The molecule has 0 saturated heterocycles. The number of aryl methyl sites for hydroxylation is 1. The highest BCUT2D eigenvalue weighted by Gasteiger charge is 2.15. The van der Waals surface area contributed by atoms with E-state index in [-0.39, 0.29) is 11.1 Å². The van der Waals surface area contributed by atoms with Crippen molar-refractivity contribution < 1.29 is 13.2 Å². The van der Waals surface area contributed by atoms with Crippen LogP contribution in [0.15, 0.2) is 42.5 Å². The van der Waals surface area contributed by atoms with Gasteiger partial charge in [0.2, 0.25) is 0 Å². The standard InChI is InChI=1S/C24H22F3N/c1-2-3-4-5-6-7-16-8-10-19-17(12-16)9-11-20(24(19)27)18-13-22(25)21(15-28)23(26)14-18/h8-14H,2-7H2,1H3.